The summed E-state index contributed by atoms with van der Waals surface area (Å²) in [6, 6.07) is 13.6. The summed E-state index contributed by atoms with van der Waals surface area (Å²) in [5.74, 6) is 2.52. The van der Waals surface area contributed by atoms with Crippen molar-refractivity contribution in [3.63, 3.8) is 0 Å². The maximum atomic E-state index is 9.79. The Kier molecular flexibility index (Phi) is 2.91. The number of fused-ring (bicyclic) bond motifs is 3. The van der Waals surface area contributed by atoms with Crippen LogP contribution in [0.1, 0.15) is 47.8 Å². The van der Waals surface area contributed by atoms with E-state index < -0.39 is 0 Å². The molecule has 2 aliphatic carbocycles. The Morgan fingerprint density at radius 1 is 0.810 bits per heavy atom. The van der Waals surface area contributed by atoms with Crippen LogP contribution in [0.4, 0.5) is 0 Å². The Morgan fingerprint density at radius 2 is 1.57 bits per heavy atom. The molecule has 2 nitrogen and oxygen atoms in total. The maximum absolute atomic E-state index is 9.79. The lowest BCUT2D eigenvalue weighted by Gasteiger charge is -2.36. The Morgan fingerprint density at radius 3 is 2.38 bits per heavy atom. The zero-order chi connectivity index (χ0) is 14.4. The van der Waals surface area contributed by atoms with Gasteiger partial charge in [0.05, 0.1) is 0 Å². The van der Waals surface area contributed by atoms with Gasteiger partial charge in [0.15, 0.2) is 0 Å². The predicted octanol–water partition coefficient (Wildman–Crippen LogP) is 4.32. The number of phenols is 2. The van der Waals surface area contributed by atoms with Crippen molar-refractivity contribution < 1.29 is 10.2 Å². The molecule has 2 heteroatoms. The Bertz CT molecular complexity index is 660. The normalized spacial score (nSPS) is 27.1. The maximum Gasteiger partial charge on any atom is 0.115 e. The summed E-state index contributed by atoms with van der Waals surface area (Å²) < 4.78 is 0. The van der Waals surface area contributed by atoms with E-state index in [2.05, 4.69) is 18.2 Å². The highest BCUT2D eigenvalue weighted by Crippen LogP contribution is 2.53. The van der Waals surface area contributed by atoms with E-state index in [9.17, 15) is 10.2 Å². The second-order valence-corrected chi connectivity index (χ2v) is 6.49. The minimum atomic E-state index is 0.336. The zero-order valence-electron chi connectivity index (χ0n) is 12.0. The van der Waals surface area contributed by atoms with E-state index in [1.807, 2.05) is 12.1 Å². The van der Waals surface area contributed by atoms with Crippen LogP contribution in [0.3, 0.4) is 0 Å². The quantitative estimate of drug-likeness (QED) is 0.816. The van der Waals surface area contributed by atoms with Gasteiger partial charge in [0.1, 0.15) is 11.5 Å². The van der Waals surface area contributed by atoms with Gasteiger partial charge in [-0.15, -0.1) is 0 Å². The van der Waals surface area contributed by atoms with Crippen molar-refractivity contribution in [1.82, 2.24) is 0 Å². The van der Waals surface area contributed by atoms with Gasteiger partial charge >= 0.3 is 0 Å². The number of rotatable bonds is 1. The fourth-order valence-electron chi connectivity index (χ4n) is 4.44. The van der Waals surface area contributed by atoms with Gasteiger partial charge in [-0.1, -0.05) is 24.6 Å². The van der Waals surface area contributed by atoms with Crippen molar-refractivity contribution >= 4 is 0 Å². The van der Waals surface area contributed by atoms with Crippen LogP contribution < -0.4 is 0 Å². The number of hydrogen-bond acceptors (Lipinski definition) is 2. The molecule has 2 aromatic rings. The highest BCUT2D eigenvalue weighted by Gasteiger charge is 2.40. The SMILES string of the molecule is Oc1ccc(C2Cc3ccc(O)cc3C3CCCC23)cc1. The summed E-state index contributed by atoms with van der Waals surface area (Å²) >= 11 is 0. The molecule has 0 aromatic heterocycles. The van der Waals surface area contributed by atoms with Gasteiger partial charge in [-0.3, -0.25) is 0 Å². The van der Waals surface area contributed by atoms with Gasteiger partial charge in [-0.2, -0.15) is 0 Å². The van der Waals surface area contributed by atoms with E-state index in [0.29, 0.717) is 29.3 Å². The molecule has 4 rings (SSSR count). The molecule has 3 atom stereocenters. The van der Waals surface area contributed by atoms with Gasteiger partial charge in [0.25, 0.3) is 0 Å². The van der Waals surface area contributed by atoms with Crippen LogP contribution in [0.15, 0.2) is 42.5 Å². The minimum absolute atomic E-state index is 0.336. The molecule has 0 heterocycles. The van der Waals surface area contributed by atoms with Crippen LogP contribution in [0.2, 0.25) is 0 Å². The lowest BCUT2D eigenvalue weighted by Crippen LogP contribution is -2.24. The molecule has 21 heavy (non-hydrogen) atoms. The van der Waals surface area contributed by atoms with Crippen LogP contribution in [-0.4, -0.2) is 10.2 Å². The molecule has 0 spiro atoms. The largest absolute Gasteiger partial charge is 0.508 e. The van der Waals surface area contributed by atoms with Crippen molar-refractivity contribution in [2.75, 3.05) is 0 Å². The van der Waals surface area contributed by atoms with Crippen molar-refractivity contribution in [1.29, 1.82) is 0 Å². The summed E-state index contributed by atoms with van der Waals surface area (Å²) in [6.45, 7) is 0. The van der Waals surface area contributed by atoms with E-state index in [0.717, 1.165) is 6.42 Å². The Labute approximate surface area is 125 Å². The van der Waals surface area contributed by atoms with Crippen molar-refractivity contribution in [3.05, 3.63) is 59.2 Å². The molecule has 2 N–H and O–H groups in total. The van der Waals surface area contributed by atoms with Crippen molar-refractivity contribution in [3.8, 4) is 11.5 Å². The van der Waals surface area contributed by atoms with Crippen LogP contribution >= 0.6 is 0 Å². The van der Waals surface area contributed by atoms with Crippen LogP contribution in [-0.2, 0) is 6.42 Å². The van der Waals surface area contributed by atoms with Crippen LogP contribution in [0.25, 0.3) is 0 Å². The molecule has 1 saturated carbocycles. The molecule has 0 aliphatic heterocycles. The van der Waals surface area contributed by atoms with Gasteiger partial charge in [-0.25, -0.2) is 0 Å². The van der Waals surface area contributed by atoms with Crippen LogP contribution in [0, 0.1) is 5.92 Å². The van der Waals surface area contributed by atoms with E-state index in [-0.39, 0.29) is 0 Å². The van der Waals surface area contributed by atoms with Crippen LogP contribution in [0.5, 0.6) is 11.5 Å². The lowest BCUT2D eigenvalue weighted by atomic mass is 9.68. The first kappa shape index (κ1) is 12.8. The van der Waals surface area contributed by atoms with Gasteiger partial charge < -0.3 is 10.2 Å². The first-order chi connectivity index (χ1) is 10.2. The van der Waals surface area contributed by atoms with Gasteiger partial charge in [0.2, 0.25) is 0 Å². The predicted molar refractivity (Wildman–Crippen MR) is 82.7 cm³/mol. The lowest BCUT2D eigenvalue weighted by molar-refractivity contribution is 0.363. The smallest absolute Gasteiger partial charge is 0.115 e. The Hall–Kier alpha value is -1.96. The third-order valence-electron chi connectivity index (χ3n) is 5.38. The topological polar surface area (TPSA) is 40.5 Å². The minimum Gasteiger partial charge on any atom is -0.508 e. The second-order valence-electron chi connectivity index (χ2n) is 6.49. The van der Waals surface area contributed by atoms with Crippen molar-refractivity contribution in [2.45, 2.75) is 37.5 Å². The molecular formula is C19H20O2. The second kappa shape index (κ2) is 4.80. The monoisotopic (exact) mass is 280 g/mol. The Balaban J connectivity index is 1.77. The third kappa shape index (κ3) is 2.10. The summed E-state index contributed by atoms with van der Waals surface area (Å²) in [7, 11) is 0. The average Bonchev–Trinajstić information content (AvgIpc) is 2.97. The van der Waals surface area contributed by atoms with Gasteiger partial charge in [0, 0.05) is 0 Å². The first-order valence-electron chi connectivity index (χ1n) is 7.83. The fraction of sp³-hybridized carbons (Fsp3) is 0.368. The molecule has 0 saturated heterocycles. The fourth-order valence-corrected chi connectivity index (χ4v) is 4.44. The molecule has 0 radical (unpaired) electrons. The van der Waals surface area contributed by atoms with Gasteiger partial charge in [-0.05, 0) is 78.0 Å². The molecule has 108 valence electrons. The summed E-state index contributed by atoms with van der Waals surface area (Å²) in [4.78, 5) is 0. The zero-order valence-corrected chi connectivity index (χ0v) is 12.0. The summed E-state index contributed by atoms with van der Waals surface area (Å²) in [6.07, 6.45) is 4.82. The standard InChI is InChI=1S/C19H20O2/c20-14-7-4-12(5-8-14)18-10-13-6-9-15(21)11-19(13)17-3-1-2-16(17)18/h4-9,11,16-18,20-21H,1-3,10H2. The third-order valence-corrected chi connectivity index (χ3v) is 5.38. The van der Waals surface area contributed by atoms with Crippen molar-refractivity contribution in [2.24, 2.45) is 5.92 Å². The van der Waals surface area contributed by atoms with E-state index in [1.165, 1.54) is 36.0 Å². The highest BCUT2D eigenvalue weighted by molar-refractivity contribution is 5.43. The number of aromatic hydroxyl groups is 2. The van der Waals surface area contributed by atoms with E-state index in [1.54, 1.807) is 12.1 Å². The summed E-state index contributed by atoms with van der Waals surface area (Å²) in [5, 5.41) is 19.3. The number of phenolic OH excluding ortho intramolecular Hbond substituents is 2. The highest BCUT2D eigenvalue weighted by atomic mass is 16.3. The first-order valence-corrected chi connectivity index (χ1v) is 7.83. The van der Waals surface area contributed by atoms with E-state index in [4.69, 9.17) is 0 Å². The number of hydrogen-bond donors (Lipinski definition) is 2. The number of benzene rings is 2. The van der Waals surface area contributed by atoms with E-state index >= 15 is 0 Å². The molecular weight excluding hydrogens is 260 g/mol. The molecule has 3 unspecified atom stereocenters. The molecule has 1 fully saturated rings. The average molecular weight is 280 g/mol. The molecule has 0 amide bonds. The molecule has 0 bridgehead atoms. The molecule has 2 aromatic carbocycles. The summed E-state index contributed by atoms with van der Waals surface area (Å²) in [5.41, 5.74) is 4.09. The molecule has 2 aliphatic rings.